The maximum atomic E-state index is 10.9. The molecule has 1 rings (SSSR count). The van der Waals surface area contributed by atoms with Gasteiger partial charge in [0.2, 0.25) is 0 Å². The van der Waals surface area contributed by atoms with Gasteiger partial charge >= 0.3 is 0 Å². The van der Waals surface area contributed by atoms with E-state index < -0.39 is 11.3 Å². The van der Waals surface area contributed by atoms with Crippen molar-refractivity contribution in [1.82, 2.24) is 4.31 Å². The van der Waals surface area contributed by atoms with E-state index in [-0.39, 0.29) is 32.8 Å². The van der Waals surface area contributed by atoms with Crippen molar-refractivity contribution in [3.05, 3.63) is 0 Å². The van der Waals surface area contributed by atoms with Crippen LogP contribution in [0.2, 0.25) is 0 Å². The molecule has 4 nitrogen and oxygen atoms in total. The fourth-order valence-electron chi connectivity index (χ4n) is 1.41. The van der Waals surface area contributed by atoms with Crippen LogP contribution in [-0.4, -0.2) is 31.9 Å². The zero-order chi connectivity index (χ0) is 9.14. The Bertz CT molecular complexity index is 182. The average Bonchev–Trinajstić information content (AvgIpc) is 2.04. The molecule has 13 heavy (non-hydrogen) atoms. The molecule has 1 heterocycles. The van der Waals surface area contributed by atoms with Gasteiger partial charge in [-0.3, -0.25) is 9.00 Å². The standard InChI is InChI=1S/C7H13NO3S.W/c1-6(9)7-2-4-8(5-3-7)12(10)11;/h7H,2-5H2,1H3,(H,10,11);/p-1. The Balaban J connectivity index is 0.00000144. The minimum Gasteiger partial charge on any atom is -0.760 e. The van der Waals surface area contributed by atoms with Crippen LogP contribution in [0, 0.1) is 5.92 Å². The van der Waals surface area contributed by atoms with Crippen molar-refractivity contribution in [2.75, 3.05) is 13.1 Å². The van der Waals surface area contributed by atoms with E-state index in [1.165, 1.54) is 4.31 Å². The van der Waals surface area contributed by atoms with Crippen LogP contribution in [-0.2, 0) is 37.1 Å². The first-order chi connectivity index (χ1) is 5.61. The summed E-state index contributed by atoms with van der Waals surface area (Å²) in [6.45, 7) is 2.54. The molecule has 0 radical (unpaired) electrons. The molecule has 1 saturated heterocycles. The van der Waals surface area contributed by atoms with Crippen LogP contribution in [0.4, 0.5) is 0 Å². The van der Waals surface area contributed by atoms with Crippen molar-refractivity contribution in [1.29, 1.82) is 0 Å². The Kier molecular flexibility index (Phi) is 6.21. The fraction of sp³-hybridized carbons (Fsp3) is 0.857. The molecule has 0 N–H and O–H groups in total. The van der Waals surface area contributed by atoms with Gasteiger partial charge in [-0.05, 0) is 19.8 Å². The van der Waals surface area contributed by atoms with E-state index in [2.05, 4.69) is 0 Å². The van der Waals surface area contributed by atoms with E-state index in [0.717, 1.165) is 0 Å². The molecule has 1 unspecified atom stereocenters. The number of hydrogen-bond donors (Lipinski definition) is 0. The molecular weight excluding hydrogens is 362 g/mol. The molecule has 0 spiro atoms. The summed E-state index contributed by atoms with van der Waals surface area (Å²) in [6, 6.07) is 0. The molecule has 1 aliphatic heterocycles. The summed E-state index contributed by atoms with van der Waals surface area (Å²) in [6.07, 6.45) is 1.34. The third kappa shape index (κ3) is 3.98. The molecule has 0 aromatic rings. The van der Waals surface area contributed by atoms with Gasteiger partial charge in [-0.25, -0.2) is 4.31 Å². The predicted octanol–water partition coefficient (Wildman–Crippen LogP) is 0.0790. The van der Waals surface area contributed by atoms with Gasteiger partial charge in [-0.15, -0.1) is 0 Å². The van der Waals surface area contributed by atoms with Crippen molar-refractivity contribution >= 4 is 17.0 Å². The van der Waals surface area contributed by atoms with Crippen molar-refractivity contribution < 1.29 is 34.6 Å². The molecule has 1 atom stereocenters. The fourth-order valence-corrected chi connectivity index (χ4v) is 1.92. The summed E-state index contributed by atoms with van der Waals surface area (Å²) in [5.41, 5.74) is 0. The quantitative estimate of drug-likeness (QED) is 0.644. The number of ketones is 1. The Hall–Kier alpha value is 0.428. The van der Waals surface area contributed by atoms with E-state index in [4.69, 9.17) is 0 Å². The Morgan fingerprint density at radius 2 is 1.92 bits per heavy atom. The number of Topliss-reactive ketones (excluding diaryl/α,β-unsaturated/α-hetero) is 1. The van der Waals surface area contributed by atoms with E-state index in [0.29, 0.717) is 25.9 Å². The van der Waals surface area contributed by atoms with Crippen LogP contribution >= 0.6 is 0 Å². The number of nitrogens with zero attached hydrogens (tertiary/aromatic N) is 1. The molecule has 0 aromatic carbocycles. The van der Waals surface area contributed by atoms with Crippen LogP contribution in [0.25, 0.3) is 0 Å². The van der Waals surface area contributed by atoms with Gasteiger partial charge in [0.15, 0.2) is 0 Å². The topological polar surface area (TPSA) is 60.4 Å². The van der Waals surface area contributed by atoms with Gasteiger partial charge in [0.1, 0.15) is 5.78 Å². The second kappa shape index (κ2) is 6.01. The number of carbonyl (C=O) groups excluding carboxylic acids is 1. The third-order valence-corrected chi connectivity index (χ3v) is 3.03. The van der Waals surface area contributed by atoms with E-state index in [9.17, 15) is 13.6 Å². The minimum absolute atomic E-state index is 0. The molecule has 0 aromatic heterocycles. The second-order valence-electron chi connectivity index (χ2n) is 3.03. The Labute approximate surface area is 94.7 Å². The maximum Gasteiger partial charge on any atom is 0.133 e. The SMILES string of the molecule is CC(=O)C1CCN(S(=O)[O-])CC1.[W]. The molecule has 0 aliphatic carbocycles. The van der Waals surface area contributed by atoms with Crippen molar-refractivity contribution in [3.8, 4) is 0 Å². The Morgan fingerprint density at radius 3 is 2.23 bits per heavy atom. The largest absolute Gasteiger partial charge is 0.760 e. The second-order valence-corrected chi connectivity index (χ2v) is 3.98. The zero-order valence-corrected chi connectivity index (χ0v) is 11.1. The predicted molar refractivity (Wildman–Crippen MR) is 43.9 cm³/mol. The van der Waals surface area contributed by atoms with Crippen molar-refractivity contribution in [3.63, 3.8) is 0 Å². The van der Waals surface area contributed by atoms with Gasteiger partial charge in [0.25, 0.3) is 0 Å². The molecule has 1 fully saturated rings. The number of hydrogen-bond acceptors (Lipinski definition) is 3. The van der Waals surface area contributed by atoms with E-state index >= 15 is 0 Å². The first-order valence-corrected chi connectivity index (χ1v) is 4.99. The maximum absolute atomic E-state index is 10.9. The molecule has 0 bridgehead atoms. The van der Waals surface area contributed by atoms with Gasteiger partial charge in [0.05, 0.1) is 0 Å². The van der Waals surface area contributed by atoms with Crippen LogP contribution in [0.1, 0.15) is 19.8 Å². The van der Waals surface area contributed by atoms with Gasteiger partial charge in [-0.1, -0.05) is 0 Å². The van der Waals surface area contributed by atoms with Crippen LogP contribution in [0.5, 0.6) is 0 Å². The van der Waals surface area contributed by atoms with Crippen molar-refractivity contribution in [2.45, 2.75) is 19.8 Å². The Morgan fingerprint density at radius 1 is 1.46 bits per heavy atom. The van der Waals surface area contributed by atoms with Gasteiger partial charge < -0.3 is 4.55 Å². The number of piperidine rings is 1. The summed E-state index contributed by atoms with van der Waals surface area (Å²) >= 11 is -2.11. The minimum atomic E-state index is -2.11. The summed E-state index contributed by atoms with van der Waals surface area (Å²) in [5.74, 6) is 0.246. The monoisotopic (exact) mass is 374 g/mol. The van der Waals surface area contributed by atoms with Crippen LogP contribution < -0.4 is 0 Å². The summed E-state index contributed by atoms with van der Waals surface area (Å²) in [4.78, 5) is 10.9. The summed E-state index contributed by atoms with van der Waals surface area (Å²) in [7, 11) is 0. The summed E-state index contributed by atoms with van der Waals surface area (Å²) < 4.78 is 22.3. The smallest absolute Gasteiger partial charge is 0.133 e. The zero-order valence-electron chi connectivity index (χ0n) is 7.39. The van der Waals surface area contributed by atoms with Gasteiger partial charge in [-0.2, -0.15) is 0 Å². The molecular formula is C7H12NO3SW-. The third-order valence-electron chi connectivity index (χ3n) is 2.24. The number of carbonyl (C=O) groups is 1. The average molecular weight is 374 g/mol. The first kappa shape index (κ1) is 13.4. The van der Waals surface area contributed by atoms with Crippen LogP contribution in [0.3, 0.4) is 0 Å². The molecule has 76 valence electrons. The molecule has 6 heteroatoms. The summed E-state index contributed by atoms with van der Waals surface area (Å²) in [5, 5.41) is 0. The number of rotatable bonds is 2. The molecule has 0 saturated carbocycles. The van der Waals surface area contributed by atoms with E-state index in [1.807, 2.05) is 0 Å². The molecule has 0 amide bonds. The molecule has 1 aliphatic rings. The first-order valence-electron chi connectivity index (χ1n) is 3.96. The van der Waals surface area contributed by atoms with Gasteiger partial charge in [0, 0.05) is 51.3 Å². The van der Waals surface area contributed by atoms with E-state index in [1.54, 1.807) is 6.92 Å². The normalized spacial score (nSPS) is 22.0. The van der Waals surface area contributed by atoms with Crippen molar-refractivity contribution in [2.24, 2.45) is 5.92 Å². The van der Waals surface area contributed by atoms with Crippen LogP contribution in [0.15, 0.2) is 0 Å².